The second-order valence-electron chi connectivity index (χ2n) is 5.36. The van der Waals surface area contributed by atoms with Crippen molar-refractivity contribution in [3.8, 4) is 0 Å². The van der Waals surface area contributed by atoms with Gasteiger partial charge in [0.2, 0.25) is 0 Å². The molecule has 2 N–H and O–H groups in total. The molecule has 0 bridgehead atoms. The Morgan fingerprint density at radius 1 is 1.31 bits per heavy atom. The standard InChI is InChI=1S/C14H18ClN/c15-11-3-4-12-10(9-16)8-14(13(12)7-11)5-1-2-6-14/h3-4,7,10H,1-2,5-6,8-9,16H2. The molecule has 2 aliphatic carbocycles. The fourth-order valence-electron chi connectivity index (χ4n) is 3.77. The SMILES string of the molecule is NCC1CC2(CCCC2)c2cc(Cl)ccc21. The average Bonchev–Trinajstić information content (AvgIpc) is 2.86. The first-order valence-corrected chi connectivity index (χ1v) is 6.63. The molecule has 3 rings (SSSR count). The first kappa shape index (κ1) is 10.6. The van der Waals surface area contributed by atoms with Crippen molar-refractivity contribution in [1.29, 1.82) is 0 Å². The molecule has 0 amide bonds. The van der Waals surface area contributed by atoms with Crippen LogP contribution in [0, 0.1) is 0 Å². The maximum Gasteiger partial charge on any atom is 0.0409 e. The molecule has 1 atom stereocenters. The van der Waals surface area contributed by atoms with Gasteiger partial charge in [0, 0.05) is 5.02 Å². The van der Waals surface area contributed by atoms with Crippen molar-refractivity contribution in [2.45, 2.75) is 43.4 Å². The van der Waals surface area contributed by atoms with Gasteiger partial charge in [0.25, 0.3) is 0 Å². The van der Waals surface area contributed by atoms with Gasteiger partial charge in [-0.3, -0.25) is 0 Å². The Hall–Kier alpha value is -0.530. The van der Waals surface area contributed by atoms with Gasteiger partial charge in [-0.2, -0.15) is 0 Å². The summed E-state index contributed by atoms with van der Waals surface area (Å²) < 4.78 is 0. The predicted molar refractivity (Wildman–Crippen MR) is 68.0 cm³/mol. The molecular weight excluding hydrogens is 218 g/mol. The van der Waals surface area contributed by atoms with Gasteiger partial charge in [-0.25, -0.2) is 0 Å². The number of benzene rings is 1. The molecule has 0 heterocycles. The third kappa shape index (κ3) is 1.42. The van der Waals surface area contributed by atoms with E-state index in [9.17, 15) is 0 Å². The van der Waals surface area contributed by atoms with Crippen molar-refractivity contribution in [3.63, 3.8) is 0 Å². The number of hydrogen-bond acceptors (Lipinski definition) is 1. The summed E-state index contributed by atoms with van der Waals surface area (Å²) in [5.41, 5.74) is 9.30. The topological polar surface area (TPSA) is 26.0 Å². The van der Waals surface area contributed by atoms with Gasteiger partial charge in [-0.15, -0.1) is 0 Å². The molecule has 86 valence electrons. The van der Waals surface area contributed by atoms with E-state index < -0.39 is 0 Å². The third-order valence-corrected chi connectivity index (χ3v) is 4.74. The highest BCUT2D eigenvalue weighted by Crippen LogP contribution is 2.54. The zero-order chi connectivity index (χ0) is 11.2. The Morgan fingerprint density at radius 3 is 2.75 bits per heavy atom. The molecule has 1 nitrogen and oxygen atoms in total. The molecule has 1 aromatic carbocycles. The molecule has 16 heavy (non-hydrogen) atoms. The van der Waals surface area contributed by atoms with E-state index in [0.29, 0.717) is 11.3 Å². The van der Waals surface area contributed by atoms with Gasteiger partial charge < -0.3 is 5.73 Å². The van der Waals surface area contributed by atoms with E-state index in [1.165, 1.54) is 43.2 Å². The van der Waals surface area contributed by atoms with E-state index in [-0.39, 0.29) is 0 Å². The van der Waals surface area contributed by atoms with Crippen LogP contribution in [0.1, 0.15) is 49.1 Å². The Morgan fingerprint density at radius 2 is 2.06 bits per heavy atom. The number of fused-ring (bicyclic) bond motifs is 2. The van der Waals surface area contributed by atoms with Crippen LogP contribution < -0.4 is 5.73 Å². The lowest BCUT2D eigenvalue weighted by molar-refractivity contribution is 0.410. The van der Waals surface area contributed by atoms with Crippen LogP contribution in [-0.2, 0) is 5.41 Å². The third-order valence-electron chi connectivity index (χ3n) is 4.51. The van der Waals surface area contributed by atoms with E-state index in [1.807, 2.05) is 6.07 Å². The van der Waals surface area contributed by atoms with Crippen LogP contribution >= 0.6 is 11.6 Å². The lowest BCUT2D eigenvalue weighted by atomic mass is 9.80. The Kier molecular flexibility index (Phi) is 2.49. The second-order valence-corrected chi connectivity index (χ2v) is 5.79. The molecular formula is C14H18ClN. The van der Waals surface area contributed by atoms with E-state index in [0.717, 1.165) is 11.6 Å². The number of halogens is 1. The Balaban J connectivity index is 2.11. The number of hydrogen-bond donors (Lipinski definition) is 1. The van der Waals surface area contributed by atoms with Crippen molar-refractivity contribution in [2.24, 2.45) is 5.73 Å². The van der Waals surface area contributed by atoms with Gasteiger partial charge in [0.1, 0.15) is 0 Å². The molecule has 0 radical (unpaired) electrons. The van der Waals surface area contributed by atoms with E-state index in [1.54, 1.807) is 0 Å². The van der Waals surface area contributed by atoms with Crippen LogP contribution in [0.5, 0.6) is 0 Å². The summed E-state index contributed by atoms with van der Waals surface area (Å²) in [6.07, 6.45) is 6.64. The van der Waals surface area contributed by atoms with Crippen molar-refractivity contribution in [2.75, 3.05) is 6.54 Å². The van der Waals surface area contributed by atoms with Crippen LogP contribution in [0.3, 0.4) is 0 Å². The summed E-state index contributed by atoms with van der Waals surface area (Å²) in [6, 6.07) is 6.40. The molecule has 1 unspecified atom stereocenters. The summed E-state index contributed by atoms with van der Waals surface area (Å²) in [6.45, 7) is 0.774. The fourth-order valence-corrected chi connectivity index (χ4v) is 3.94. The lowest BCUT2D eigenvalue weighted by Crippen LogP contribution is -2.19. The van der Waals surface area contributed by atoms with E-state index in [4.69, 9.17) is 17.3 Å². The summed E-state index contributed by atoms with van der Waals surface area (Å²) in [5.74, 6) is 0.561. The highest BCUT2D eigenvalue weighted by Gasteiger charge is 2.44. The highest BCUT2D eigenvalue weighted by molar-refractivity contribution is 6.30. The summed E-state index contributed by atoms with van der Waals surface area (Å²) in [7, 11) is 0. The fraction of sp³-hybridized carbons (Fsp3) is 0.571. The molecule has 2 heteroatoms. The second kappa shape index (κ2) is 3.75. The van der Waals surface area contributed by atoms with Gasteiger partial charge >= 0.3 is 0 Å². The van der Waals surface area contributed by atoms with Crippen molar-refractivity contribution >= 4 is 11.6 Å². The zero-order valence-electron chi connectivity index (χ0n) is 9.51. The maximum absolute atomic E-state index is 6.14. The zero-order valence-corrected chi connectivity index (χ0v) is 10.3. The first-order chi connectivity index (χ1) is 7.75. The number of rotatable bonds is 1. The summed E-state index contributed by atoms with van der Waals surface area (Å²) in [5, 5.41) is 0.877. The lowest BCUT2D eigenvalue weighted by Gasteiger charge is -2.24. The minimum Gasteiger partial charge on any atom is -0.330 e. The van der Waals surface area contributed by atoms with Crippen LogP contribution in [0.25, 0.3) is 0 Å². The molecule has 1 aromatic rings. The summed E-state index contributed by atoms with van der Waals surface area (Å²) >= 11 is 6.14. The van der Waals surface area contributed by atoms with Crippen LogP contribution in [-0.4, -0.2) is 6.54 Å². The maximum atomic E-state index is 6.14. The van der Waals surface area contributed by atoms with E-state index in [2.05, 4.69) is 12.1 Å². The average molecular weight is 236 g/mol. The molecule has 0 aromatic heterocycles. The van der Waals surface area contributed by atoms with Crippen molar-refractivity contribution in [1.82, 2.24) is 0 Å². The normalized spacial score (nSPS) is 26.2. The van der Waals surface area contributed by atoms with Crippen LogP contribution in [0.4, 0.5) is 0 Å². The molecule has 1 fully saturated rings. The molecule has 0 saturated heterocycles. The Bertz CT molecular complexity index is 407. The van der Waals surface area contributed by atoms with Crippen LogP contribution in [0.2, 0.25) is 5.02 Å². The molecule has 0 aliphatic heterocycles. The molecule has 1 saturated carbocycles. The summed E-state index contributed by atoms with van der Waals surface area (Å²) in [4.78, 5) is 0. The largest absolute Gasteiger partial charge is 0.330 e. The quantitative estimate of drug-likeness (QED) is 0.791. The van der Waals surface area contributed by atoms with Crippen LogP contribution in [0.15, 0.2) is 18.2 Å². The predicted octanol–water partition coefficient (Wildman–Crippen LogP) is 3.60. The monoisotopic (exact) mass is 235 g/mol. The van der Waals surface area contributed by atoms with Crippen molar-refractivity contribution in [3.05, 3.63) is 34.3 Å². The van der Waals surface area contributed by atoms with Crippen molar-refractivity contribution < 1.29 is 0 Å². The van der Waals surface area contributed by atoms with Gasteiger partial charge in [-0.05, 0) is 60.4 Å². The Labute approximate surface area is 102 Å². The number of nitrogens with two attached hydrogens (primary N) is 1. The molecule has 1 spiro atoms. The van der Waals surface area contributed by atoms with E-state index >= 15 is 0 Å². The molecule has 2 aliphatic rings. The highest BCUT2D eigenvalue weighted by atomic mass is 35.5. The van der Waals surface area contributed by atoms with Gasteiger partial charge in [-0.1, -0.05) is 30.5 Å². The van der Waals surface area contributed by atoms with Gasteiger partial charge in [0.15, 0.2) is 0 Å². The van der Waals surface area contributed by atoms with Gasteiger partial charge in [0.05, 0.1) is 0 Å². The first-order valence-electron chi connectivity index (χ1n) is 6.25. The minimum atomic E-state index is 0.421. The smallest absolute Gasteiger partial charge is 0.0409 e. The minimum absolute atomic E-state index is 0.421.